The minimum absolute atomic E-state index is 1.26. The summed E-state index contributed by atoms with van der Waals surface area (Å²) in [7, 11) is 0. The number of hydrogen-bond donors (Lipinski definition) is 0. The summed E-state index contributed by atoms with van der Waals surface area (Å²) in [6.07, 6.45) is 0. The lowest BCUT2D eigenvalue weighted by atomic mass is 9.85. The predicted molar refractivity (Wildman–Crippen MR) is 241 cm³/mol. The standard InChI is InChI=1S/C54H30S/c1-3-11-37-33(9-1)29-34-10-2-4-12-38(34)52(37)46-25-20-32-18-23-43-36(22-17-31-19-24-45(46)51(32)50(31)43)35-21-28-49-48(30-35)47-27-26-44-41-15-6-5-13-39(41)40-14-7-8-16-42(40)53(44)54(47)55-49/h1-30H. The highest BCUT2D eigenvalue weighted by Gasteiger charge is 2.19. The molecule has 0 amide bonds. The van der Waals surface area contributed by atoms with Gasteiger partial charge in [-0.3, -0.25) is 0 Å². The lowest BCUT2D eigenvalue weighted by Gasteiger charge is -2.18. The molecule has 1 heteroatoms. The Bertz CT molecular complexity index is 3680. The van der Waals surface area contributed by atoms with Crippen molar-refractivity contribution in [3.8, 4) is 22.3 Å². The van der Waals surface area contributed by atoms with Gasteiger partial charge in [0.05, 0.1) is 0 Å². The zero-order valence-electron chi connectivity index (χ0n) is 29.7. The largest absolute Gasteiger partial charge is 0.135 e. The van der Waals surface area contributed by atoms with Gasteiger partial charge in [-0.15, -0.1) is 11.3 Å². The maximum Gasteiger partial charge on any atom is 0.0440 e. The Balaban J connectivity index is 1.06. The zero-order valence-corrected chi connectivity index (χ0v) is 30.5. The van der Waals surface area contributed by atoms with E-state index < -0.39 is 0 Å². The van der Waals surface area contributed by atoms with Crippen molar-refractivity contribution in [2.24, 2.45) is 0 Å². The average molecular weight is 711 g/mol. The lowest BCUT2D eigenvalue weighted by molar-refractivity contribution is 1.71. The molecule has 0 saturated carbocycles. The normalized spacial score (nSPS) is 12.4. The van der Waals surface area contributed by atoms with Gasteiger partial charge in [0.1, 0.15) is 0 Å². The van der Waals surface area contributed by atoms with E-state index in [0.29, 0.717) is 0 Å². The first-order chi connectivity index (χ1) is 27.3. The highest BCUT2D eigenvalue weighted by atomic mass is 32.1. The van der Waals surface area contributed by atoms with Crippen LogP contribution >= 0.6 is 11.3 Å². The van der Waals surface area contributed by atoms with Crippen LogP contribution in [0, 0.1) is 0 Å². The maximum absolute atomic E-state index is 2.45. The number of benzene rings is 12. The van der Waals surface area contributed by atoms with Crippen molar-refractivity contribution in [3.05, 3.63) is 182 Å². The fraction of sp³-hybridized carbons (Fsp3) is 0. The van der Waals surface area contributed by atoms with E-state index in [1.165, 1.54) is 129 Å². The number of fused-ring (bicyclic) bond motifs is 12. The van der Waals surface area contributed by atoms with E-state index in [9.17, 15) is 0 Å². The van der Waals surface area contributed by atoms with Gasteiger partial charge in [0.15, 0.2) is 0 Å². The summed E-state index contributed by atoms with van der Waals surface area (Å²) < 4.78 is 2.70. The average Bonchev–Trinajstić information content (AvgIpc) is 3.63. The molecule has 252 valence electrons. The number of hydrogen-bond acceptors (Lipinski definition) is 1. The van der Waals surface area contributed by atoms with Crippen LogP contribution in [-0.4, -0.2) is 0 Å². The second-order valence-electron chi connectivity index (χ2n) is 15.1. The third-order valence-corrected chi connectivity index (χ3v) is 13.6. The van der Waals surface area contributed by atoms with Crippen molar-refractivity contribution in [2.75, 3.05) is 0 Å². The molecule has 0 radical (unpaired) electrons. The van der Waals surface area contributed by atoms with Gasteiger partial charge in [-0.05, 0) is 121 Å². The Kier molecular flexibility index (Phi) is 5.86. The van der Waals surface area contributed by atoms with Gasteiger partial charge < -0.3 is 0 Å². The predicted octanol–water partition coefficient (Wildman–Crippen LogP) is 16.1. The van der Waals surface area contributed by atoms with Crippen molar-refractivity contribution in [3.63, 3.8) is 0 Å². The van der Waals surface area contributed by atoms with Crippen molar-refractivity contribution in [1.82, 2.24) is 0 Å². The molecule has 0 fully saturated rings. The minimum Gasteiger partial charge on any atom is -0.135 e. The van der Waals surface area contributed by atoms with E-state index in [-0.39, 0.29) is 0 Å². The molecule has 0 bridgehead atoms. The molecule has 0 saturated heterocycles. The molecular weight excluding hydrogens is 681 g/mol. The van der Waals surface area contributed by atoms with Crippen LogP contribution in [0.1, 0.15) is 0 Å². The van der Waals surface area contributed by atoms with Crippen LogP contribution in [0.15, 0.2) is 182 Å². The molecule has 0 aliphatic rings. The monoisotopic (exact) mass is 710 g/mol. The van der Waals surface area contributed by atoms with Gasteiger partial charge in [-0.2, -0.15) is 0 Å². The van der Waals surface area contributed by atoms with Crippen LogP contribution < -0.4 is 0 Å². The summed E-state index contributed by atoms with van der Waals surface area (Å²) in [5.74, 6) is 0. The van der Waals surface area contributed by atoms with E-state index in [0.717, 1.165) is 0 Å². The van der Waals surface area contributed by atoms with E-state index >= 15 is 0 Å². The Morgan fingerprint density at radius 2 is 0.764 bits per heavy atom. The third kappa shape index (κ3) is 4.00. The van der Waals surface area contributed by atoms with Crippen molar-refractivity contribution in [2.45, 2.75) is 0 Å². The molecule has 0 aliphatic carbocycles. The summed E-state index contributed by atoms with van der Waals surface area (Å²) in [5.41, 5.74) is 5.14. The second-order valence-corrected chi connectivity index (χ2v) is 16.2. The van der Waals surface area contributed by atoms with Crippen molar-refractivity contribution in [1.29, 1.82) is 0 Å². The van der Waals surface area contributed by atoms with E-state index in [2.05, 4.69) is 182 Å². The van der Waals surface area contributed by atoms with E-state index in [1.54, 1.807) is 0 Å². The van der Waals surface area contributed by atoms with Crippen LogP contribution in [0.5, 0.6) is 0 Å². The molecule has 13 rings (SSSR count). The molecule has 0 nitrogen and oxygen atoms in total. The van der Waals surface area contributed by atoms with Crippen LogP contribution in [0.2, 0.25) is 0 Å². The first-order valence-electron chi connectivity index (χ1n) is 19.1. The topological polar surface area (TPSA) is 0 Å². The summed E-state index contributed by atoms with van der Waals surface area (Å²) in [6.45, 7) is 0. The van der Waals surface area contributed by atoms with E-state index in [4.69, 9.17) is 0 Å². The molecule has 55 heavy (non-hydrogen) atoms. The Morgan fingerprint density at radius 3 is 1.44 bits per heavy atom. The van der Waals surface area contributed by atoms with E-state index in [1.807, 2.05) is 11.3 Å². The van der Waals surface area contributed by atoms with Crippen LogP contribution in [0.3, 0.4) is 0 Å². The first kappa shape index (κ1) is 29.6. The molecule has 1 aromatic heterocycles. The molecule has 0 atom stereocenters. The van der Waals surface area contributed by atoms with Gasteiger partial charge in [-0.25, -0.2) is 0 Å². The molecule has 0 N–H and O–H groups in total. The Labute approximate surface area is 320 Å². The molecule has 12 aromatic carbocycles. The highest BCUT2D eigenvalue weighted by molar-refractivity contribution is 7.26. The minimum atomic E-state index is 1.26. The van der Waals surface area contributed by atoms with Crippen molar-refractivity contribution >= 4 is 118 Å². The first-order valence-corrected chi connectivity index (χ1v) is 19.9. The van der Waals surface area contributed by atoms with Gasteiger partial charge in [-0.1, -0.05) is 164 Å². The van der Waals surface area contributed by atoms with Gasteiger partial charge >= 0.3 is 0 Å². The number of thiophene rings is 1. The fourth-order valence-corrected chi connectivity index (χ4v) is 11.2. The lowest BCUT2D eigenvalue weighted by Crippen LogP contribution is -1.91. The van der Waals surface area contributed by atoms with Crippen LogP contribution in [0.25, 0.3) is 129 Å². The summed E-state index contributed by atoms with van der Waals surface area (Å²) in [5, 5.41) is 23.6. The molecule has 0 spiro atoms. The smallest absolute Gasteiger partial charge is 0.0440 e. The number of rotatable bonds is 2. The highest BCUT2D eigenvalue weighted by Crippen LogP contribution is 2.48. The fourth-order valence-electron chi connectivity index (χ4n) is 9.96. The Morgan fingerprint density at radius 1 is 0.273 bits per heavy atom. The van der Waals surface area contributed by atoms with Gasteiger partial charge in [0.2, 0.25) is 0 Å². The maximum atomic E-state index is 2.45. The third-order valence-electron chi connectivity index (χ3n) is 12.4. The summed E-state index contributed by atoms with van der Waals surface area (Å²) in [4.78, 5) is 0. The second kappa shape index (κ2) is 10.9. The van der Waals surface area contributed by atoms with Crippen LogP contribution in [-0.2, 0) is 0 Å². The molecule has 0 unspecified atom stereocenters. The molecule has 13 aromatic rings. The van der Waals surface area contributed by atoms with Crippen molar-refractivity contribution < 1.29 is 0 Å². The van der Waals surface area contributed by atoms with Gasteiger partial charge in [0.25, 0.3) is 0 Å². The summed E-state index contributed by atoms with van der Waals surface area (Å²) in [6, 6.07) is 68.4. The van der Waals surface area contributed by atoms with Gasteiger partial charge in [0, 0.05) is 25.6 Å². The molecule has 0 aliphatic heterocycles. The van der Waals surface area contributed by atoms with Crippen LogP contribution in [0.4, 0.5) is 0 Å². The summed E-state index contributed by atoms with van der Waals surface area (Å²) >= 11 is 1.93. The molecular formula is C54H30S. The SMILES string of the molecule is c1ccc2c(-c3ccc4ccc5c(-c6ccc7sc8c(ccc9c%10ccccc%10c%10ccccc%10c98)c7c6)ccc6ccc3c4c65)c3ccccc3cc2c1. The Hall–Kier alpha value is -6.80. The zero-order chi connectivity index (χ0) is 35.8. The quantitative estimate of drug-likeness (QED) is 0.124. The molecule has 1 heterocycles.